The Balaban J connectivity index is 2.19. The lowest BCUT2D eigenvalue weighted by Gasteiger charge is -2.13. The molecule has 1 aliphatic rings. The van der Waals surface area contributed by atoms with E-state index in [1.165, 1.54) is 16.7 Å². The van der Waals surface area contributed by atoms with Gasteiger partial charge in [0.05, 0.1) is 11.5 Å². The zero-order chi connectivity index (χ0) is 17.7. The van der Waals surface area contributed by atoms with Gasteiger partial charge in [0, 0.05) is 23.0 Å². The number of rotatable bonds is 7. The summed E-state index contributed by atoms with van der Waals surface area (Å²) in [5, 5.41) is 8.70. The minimum atomic E-state index is -0.883. The van der Waals surface area contributed by atoms with Crippen molar-refractivity contribution in [2.75, 3.05) is 13.2 Å². The molecular formula is C16H16BrNO4S2. The van der Waals surface area contributed by atoms with Crippen molar-refractivity contribution in [3.05, 3.63) is 33.1 Å². The highest BCUT2D eigenvalue weighted by atomic mass is 79.9. The van der Waals surface area contributed by atoms with Gasteiger partial charge in [0.2, 0.25) is 0 Å². The van der Waals surface area contributed by atoms with Gasteiger partial charge in [-0.3, -0.25) is 14.5 Å². The third-order valence-corrected chi connectivity index (χ3v) is 5.08. The van der Waals surface area contributed by atoms with Crippen LogP contribution in [0.3, 0.4) is 0 Å². The molecule has 1 fully saturated rings. The standard InChI is InChI=1S/C16H16BrNO4S2/c1-2-22-12-6-5-11(17)8-10(12)9-13-15(21)18(16(23)24-13)7-3-4-14(19)20/h5-6,8-9H,2-4,7H2,1H3,(H,19,20)/b13-9+. The molecule has 0 spiro atoms. The quantitative estimate of drug-likeness (QED) is 0.523. The highest BCUT2D eigenvalue weighted by Gasteiger charge is 2.31. The summed E-state index contributed by atoms with van der Waals surface area (Å²) in [7, 11) is 0. The van der Waals surface area contributed by atoms with Crippen LogP contribution in [0.25, 0.3) is 6.08 Å². The topological polar surface area (TPSA) is 66.8 Å². The lowest BCUT2D eigenvalue weighted by molar-refractivity contribution is -0.137. The smallest absolute Gasteiger partial charge is 0.303 e. The van der Waals surface area contributed by atoms with Crippen molar-refractivity contribution >= 4 is 62.2 Å². The average Bonchev–Trinajstić information content (AvgIpc) is 2.77. The van der Waals surface area contributed by atoms with Gasteiger partial charge in [-0.2, -0.15) is 0 Å². The molecule has 0 aromatic heterocycles. The highest BCUT2D eigenvalue weighted by molar-refractivity contribution is 9.10. The normalized spacial score (nSPS) is 16.1. The van der Waals surface area contributed by atoms with Crippen molar-refractivity contribution in [1.29, 1.82) is 0 Å². The predicted octanol–water partition coefficient (Wildman–Crippen LogP) is 3.91. The molecule has 1 aromatic rings. The number of thiocarbonyl (C=S) groups is 1. The van der Waals surface area contributed by atoms with E-state index in [0.29, 0.717) is 34.5 Å². The molecule has 1 saturated heterocycles. The Morgan fingerprint density at radius 3 is 2.92 bits per heavy atom. The fraction of sp³-hybridized carbons (Fsp3) is 0.312. The summed E-state index contributed by atoms with van der Waals surface area (Å²) < 4.78 is 6.92. The Bertz CT molecular complexity index is 705. The first-order valence-electron chi connectivity index (χ1n) is 7.32. The van der Waals surface area contributed by atoms with Gasteiger partial charge in [-0.1, -0.05) is 39.9 Å². The number of hydrogen-bond acceptors (Lipinski definition) is 5. The van der Waals surface area contributed by atoms with E-state index in [1.807, 2.05) is 25.1 Å². The molecule has 5 nitrogen and oxygen atoms in total. The van der Waals surface area contributed by atoms with Gasteiger partial charge in [0.1, 0.15) is 10.1 Å². The van der Waals surface area contributed by atoms with Crippen LogP contribution < -0.4 is 4.74 Å². The fourth-order valence-corrected chi connectivity index (χ4v) is 3.82. The Labute approximate surface area is 158 Å². The van der Waals surface area contributed by atoms with E-state index in [9.17, 15) is 9.59 Å². The molecule has 0 atom stereocenters. The predicted molar refractivity (Wildman–Crippen MR) is 102 cm³/mol. The summed E-state index contributed by atoms with van der Waals surface area (Å²) in [6, 6.07) is 5.59. The van der Waals surface area contributed by atoms with E-state index >= 15 is 0 Å². The number of carbonyl (C=O) groups excluding carboxylic acids is 1. The molecule has 1 aliphatic heterocycles. The van der Waals surface area contributed by atoms with Crippen LogP contribution in [0.4, 0.5) is 0 Å². The number of hydrogen-bond donors (Lipinski definition) is 1. The van der Waals surface area contributed by atoms with Crippen molar-refractivity contribution in [2.45, 2.75) is 19.8 Å². The molecule has 2 rings (SSSR count). The number of aliphatic carboxylic acids is 1. The van der Waals surface area contributed by atoms with Gasteiger partial charge in [0.25, 0.3) is 5.91 Å². The van der Waals surface area contributed by atoms with Crippen LogP contribution in [0.2, 0.25) is 0 Å². The van der Waals surface area contributed by atoms with Crippen LogP contribution in [0, 0.1) is 0 Å². The van der Waals surface area contributed by atoms with Crippen molar-refractivity contribution in [3.8, 4) is 5.75 Å². The lowest BCUT2D eigenvalue weighted by atomic mass is 10.2. The molecule has 8 heteroatoms. The monoisotopic (exact) mass is 429 g/mol. The number of amides is 1. The maximum atomic E-state index is 12.5. The van der Waals surface area contributed by atoms with Gasteiger partial charge in [0.15, 0.2) is 0 Å². The van der Waals surface area contributed by atoms with E-state index in [-0.39, 0.29) is 12.3 Å². The van der Waals surface area contributed by atoms with Gasteiger partial charge < -0.3 is 9.84 Å². The van der Waals surface area contributed by atoms with E-state index < -0.39 is 5.97 Å². The van der Waals surface area contributed by atoms with Gasteiger partial charge in [-0.15, -0.1) is 0 Å². The summed E-state index contributed by atoms with van der Waals surface area (Å²) in [5.41, 5.74) is 0.789. The summed E-state index contributed by atoms with van der Waals surface area (Å²) >= 11 is 9.87. The molecule has 1 aromatic carbocycles. The maximum absolute atomic E-state index is 12.5. The van der Waals surface area contributed by atoms with E-state index in [4.69, 9.17) is 22.1 Å². The summed E-state index contributed by atoms with van der Waals surface area (Å²) in [5.74, 6) is -0.388. The number of carboxylic acids is 1. The molecule has 0 saturated carbocycles. The summed E-state index contributed by atoms with van der Waals surface area (Å²) in [6.45, 7) is 2.73. The first kappa shape index (κ1) is 19.0. The number of ether oxygens (including phenoxy) is 1. The SMILES string of the molecule is CCOc1ccc(Br)cc1/C=C1/SC(=S)N(CCCC(=O)O)C1=O. The zero-order valence-corrected chi connectivity index (χ0v) is 16.2. The Morgan fingerprint density at radius 1 is 1.50 bits per heavy atom. The van der Waals surface area contributed by atoms with Crippen LogP contribution in [-0.4, -0.2) is 39.4 Å². The minimum absolute atomic E-state index is 0.0101. The molecule has 24 heavy (non-hydrogen) atoms. The van der Waals surface area contributed by atoms with Crippen molar-refractivity contribution < 1.29 is 19.4 Å². The molecule has 1 amide bonds. The number of halogens is 1. The third-order valence-electron chi connectivity index (χ3n) is 3.20. The first-order chi connectivity index (χ1) is 11.4. The minimum Gasteiger partial charge on any atom is -0.493 e. The van der Waals surface area contributed by atoms with E-state index in [1.54, 1.807) is 6.08 Å². The van der Waals surface area contributed by atoms with Gasteiger partial charge in [-0.05, 0) is 37.6 Å². The molecule has 128 valence electrons. The highest BCUT2D eigenvalue weighted by Crippen LogP contribution is 2.35. The largest absolute Gasteiger partial charge is 0.493 e. The van der Waals surface area contributed by atoms with Crippen molar-refractivity contribution in [1.82, 2.24) is 4.90 Å². The Hall–Kier alpha value is -1.38. The van der Waals surface area contributed by atoms with E-state index in [0.717, 1.165) is 10.0 Å². The zero-order valence-electron chi connectivity index (χ0n) is 13.0. The lowest BCUT2D eigenvalue weighted by Crippen LogP contribution is -2.29. The number of carboxylic acid groups (broad SMARTS) is 1. The third kappa shape index (κ3) is 4.81. The number of carbonyl (C=O) groups is 2. The van der Waals surface area contributed by atoms with Crippen LogP contribution in [0.5, 0.6) is 5.75 Å². The molecule has 0 unspecified atom stereocenters. The van der Waals surface area contributed by atoms with Gasteiger partial charge >= 0.3 is 5.97 Å². The number of thioether (sulfide) groups is 1. The molecular weight excluding hydrogens is 414 g/mol. The second kappa shape index (κ2) is 8.64. The Morgan fingerprint density at radius 2 is 2.25 bits per heavy atom. The van der Waals surface area contributed by atoms with Gasteiger partial charge in [-0.25, -0.2) is 0 Å². The van der Waals surface area contributed by atoms with Crippen molar-refractivity contribution in [2.24, 2.45) is 0 Å². The van der Waals surface area contributed by atoms with Crippen LogP contribution in [-0.2, 0) is 9.59 Å². The summed E-state index contributed by atoms with van der Waals surface area (Å²) in [4.78, 5) is 25.1. The van der Waals surface area contributed by atoms with Crippen LogP contribution in [0.15, 0.2) is 27.6 Å². The number of benzene rings is 1. The molecule has 1 N–H and O–H groups in total. The van der Waals surface area contributed by atoms with Crippen LogP contribution >= 0.6 is 39.9 Å². The van der Waals surface area contributed by atoms with Crippen LogP contribution in [0.1, 0.15) is 25.3 Å². The fourth-order valence-electron chi connectivity index (χ4n) is 2.14. The first-order valence-corrected chi connectivity index (χ1v) is 9.33. The van der Waals surface area contributed by atoms with Crippen molar-refractivity contribution in [3.63, 3.8) is 0 Å². The maximum Gasteiger partial charge on any atom is 0.303 e. The average molecular weight is 430 g/mol. The molecule has 1 heterocycles. The Kier molecular flexibility index (Phi) is 6.82. The number of nitrogens with zero attached hydrogens (tertiary/aromatic N) is 1. The second-order valence-corrected chi connectivity index (χ2v) is 7.54. The summed E-state index contributed by atoms with van der Waals surface area (Å²) in [6.07, 6.45) is 2.14. The molecule has 0 bridgehead atoms. The molecule has 0 aliphatic carbocycles. The molecule has 0 radical (unpaired) electrons. The second-order valence-electron chi connectivity index (χ2n) is 4.95. The van der Waals surface area contributed by atoms with E-state index in [2.05, 4.69) is 15.9 Å².